The van der Waals surface area contributed by atoms with E-state index in [2.05, 4.69) is 5.10 Å². The Morgan fingerprint density at radius 3 is 2.54 bits per heavy atom. The van der Waals surface area contributed by atoms with Gasteiger partial charge in [-0.15, -0.1) is 0 Å². The molecule has 2 amide bonds. The fourth-order valence-electron chi connectivity index (χ4n) is 3.92. The van der Waals surface area contributed by atoms with Gasteiger partial charge in [0, 0.05) is 10.4 Å². The molecule has 1 aliphatic heterocycles. The SMILES string of the molecule is CC(C)(C)OC[C@@H](C(=O)O)N1C(=O)SC(=Cc2ccc3c(cnn3Cc3ccc(Cl)cc3C(F)(F)F)c2)C1=O. The van der Waals surface area contributed by atoms with Crippen molar-refractivity contribution in [2.75, 3.05) is 6.61 Å². The van der Waals surface area contributed by atoms with Crippen molar-refractivity contribution in [2.24, 2.45) is 0 Å². The number of ether oxygens (including phenoxy) is 1. The quantitative estimate of drug-likeness (QED) is 0.338. The van der Waals surface area contributed by atoms with Gasteiger partial charge >= 0.3 is 12.1 Å². The third kappa shape index (κ3) is 6.45. The Kier molecular flexibility index (Phi) is 7.84. The number of carbonyl (C=O) groups is 3. The zero-order valence-electron chi connectivity index (χ0n) is 21.0. The normalized spacial score (nSPS) is 16.5. The van der Waals surface area contributed by atoms with Crippen LogP contribution >= 0.6 is 23.4 Å². The number of carboxylic acid groups (broad SMARTS) is 1. The number of carbonyl (C=O) groups excluding carboxylic acids is 2. The monoisotopic (exact) mass is 581 g/mol. The van der Waals surface area contributed by atoms with Gasteiger partial charge in [0.1, 0.15) is 0 Å². The minimum atomic E-state index is -4.59. The maximum absolute atomic E-state index is 13.5. The Morgan fingerprint density at radius 1 is 1.18 bits per heavy atom. The molecule has 8 nitrogen and oxygen atoms in total. The number of hydrogen-bond acceptors (Lipinski definition) is 6. The zero-order chi connectivity index (χ0) is 28.7. The molecule has 0 unspecified atom stereocenters. The lowest BCUT2D eigenvalue weighted by Gasteiger charge is -2.26. The lowest BCUT2D eigenvalue weighted by atomic mass is 10.1. The van der Waals surface area contributed by atoms with Crippen molar-refractivity contribution in [2.45, 2.75) is 45.1 Å². The molecule has 206 valence electrons. The van der Waals surface area contributed by atoms with Gasteiger partial charge in [0.2, 0.25) is 0 Å². The Morgan fingerprint density at radius 2 is 1.90 bits per heavy atom. The summed E-state index contributed by atoms with van der Waals surface area (Å²) >= 11 is 6.38. The number of aliphatic carboxylic acids is 1. The number of rotatable bonds is 7. The van der Waals surface area contributed by atoms with Crippen LogP contribution < -0.4 is 0 Å². The van der Waals surface area contributed by atoms with Crippen LogP contribution in [0.25, 0.3) is 17.0 Å². The second kappa shape index (κ2) is 10.7. The van der Waals surface area contributed by atoms with Crippen LogP contribution in [0.4, 0.5) is 18.0 Å². The number of imide groups is 1. The molecular formula is C26H23ClF3N3O5S. The highest BCUT2D eigenvalue weighted by atomic mass is 35.5. The number of hydrogen-bond donors (Lipinski definition) is 1. The van der Waals surface area contributed by atoms with Crippen LogP contribution in [0.1, 0.15) is 37.5 Å². The molecule has 1 aliphatic rings. The largest absolute Gasteiger partial charge is 0.480 e. The Bertz CT molecular complexity index is 1500. The summed E-state index contributed by atoms with van der Waals surface area (Å²) in [6.45, 7) is 4.66. The summed E-state index contributed by atoms with van der Waals surface area (Å²) in [6.07, 6.45) is -1.66. The first-order chi connectivity index (χ1) is 18.1. The minimum Gasteiger partial charge on any atom is -0.480 e. The second-order valence-corrected chi connectivity index (χ2v) is 11.2. The molecule has 1 aromatic heterocycles. The van der Waals surface area contributed by atoms with Crippen molar-refractivity contribution in [3.8, 4) is 0 Å². The summed E-state index contributed by atoms with van der Waals surface area (Å²) in [6, 6.07) is 7.00. The van der Waals surface area contributed by atoms with Crippen molar-refractivity contribution in [3.05, 3.63) is 69.2 Å². The first-order valence-corrected chi connectivity index (χ1v) is 12.8. The molecule has 2 heterocycles. The van der Waals surface area contributed by atoms with E-state index in [4.69, 9.17) is 16.3 Å². The van der Waals surface area contributed by atoms with Gasteiger partial charge in [-0.2, -0.15) is 18.3 Å². The van der Waals surface area contributed by atoms with Crippen LogP contribution in [0.15, 0.2) is 47.5 Å². The van der Waals surface area contributed by atoms with Gasteiger partial charge in [-0.3, -0.25) is 19.2 Å². The highest BCUT2D eigenvalue weighted by Crippen LogP contribution is 2.36. The molecular weight excluding hydrogens is 559 g/mol. The number of carboxylic acids is 1. The topological polar surface area (TPSA) is 102 Å². The standard InChI is InChI=1S/C26H23ClF3N3O5S/c1-25(2,3)38-13-20(23(35)36)33-22(34)21(39-24(33)37)9-14-4-7-19-16(8-14)11-31-32(19)12-15-5-6-17(27)10-18(15)26(28,29)30/h4-11,20H,12-13H2,1-3H3,(H,35,36)/t20-/m0/s1. The number of halogens is 4. The number of amides is 2. The number of nitrogens with zero attached hydrogens (tertiary/aromatic N) is 3. The van der Waals surface area contributed by atoms with Crippen LogP contribution in [0.3, 0.4) is 0 Å². The van der Waals surface area contributed by atoms with E-state index in [1.54, 1.807) is 39.0 Å². The van der Waals surface area contributed by atoms with Crippen molar-refractivity contribution in [3.63, 3.8) is 0 Å². The number of alkyl halides is 3. The van der Waals surface area contributed by atoms with Crippen LogP contribution in [0.5, 0.6) is 0 Å². The van der Waals surface area contributed by atoms with Gasteiger partial charge < -0.3 is 9.84 Å². The van der Waals surface area contributed by atoms with Gasteiger partial charge in [0.15, 0.2) is 6.04 Å². The molecule has 0 radical (unpaired) electrons. The molecule has 2 aromatic carbocycles. The molecule has 39 heavy (non-hydrogen) atoms. The van der Waals surface area contributed by atoms with Crippen molar-refractivity contribution < 1.29 is 37.4 Å². The average molecular weight is 582 g/mol. The second-order valence-electron chi connectivity index (χ2n) is 9.75. The maximum atomic E-state index is 13.5. The highest BCUT2D eigenvalue weighted by Gasteiger charge is 2.43. The summed E-state index contributed by atoms with van der Waals surface area (Å²) in [7, 11) is 0. The Labute approximate surface area is 230 Å². The molecule has 0 saturated carbocycles. The zero-order valence-corrected chi connectivity index (χ0v) is 22.5. The summed E-state index contributed by atoms with van der Waals surface area (Å²) < 4.78 is 47.4. The highest BCUT2D eigenvalue weighted by molar-refractivity contribution is 8.18. The van der Waals surface area contributed by atoms with Crippen LogP contribution in [0, 0.1) is 0 Å². The van der Waals surface area contributed by atoms with Crippen LogP contribution in [-0.4, -0.2) is 55.2 Å². The van der Waals surface area contributed by atoms with Gasteiger partial charge in [0.05, 0.1) is 40.9 Å². The Hall–Kier alpha value is -3.35. The van der Waals surface area contributed by atoms with E-state index < -0.39 is 40.5 Å². The van der Waals surface area contributed by atoms with E-state index in [1.807, 2.05) is 0 Å². The van der Waals surface area contributed by atoms with Crippen molar-refractivity contribution in [1.82, 2.24) is 14.7 Å². The summed E-state index contributed by atoms with van der Waals surface area (Å²) in [4.78, 5) is 38.1. The molecule has 1 saturated heterocycles. The van der Waals surface area contributed by atoms with E-state index >= 15 is 0 Å². The molecule has 1 N–H and O–H groups in total. The molecule has 1 fully saturated rings. The third-order valence-corrected chi connectivity index (χ3v) is 6.87. The fourth-order valence-corrected chi connectivity index (χ4v) is 4.97. The van der Waals surface area contributed by atoms with Gasteiger partial charge in [-0.25, -0.2) is 4.79 Å². The fraction of sp³-hybridized carbons (Fsp3) is 0.308. The van der Waals surface area contributed by atoms with E-state index in [1.165, 1.54) is 29.1 Å². The third-order valence-electron chi connectivity index (χ3n) is 5.76. The predicted molar refractivity (Wildman–Crippen MR) is 140 cm³/mol. The van der Waals surface area contributed by atoms with Crippen molar-refractivity contribution in [1.29, 1.82) is 0 Å². The van der Waals surface area contributed by atoms with E-state index in [9.17, 15) is 32.7 Å². The van der Waals surface area contributed by atoms with Gasteiger partial charge in [0.25, 0.3) is 11.1 Å². The van der Waals surface area contributed by atoms with E-state index in [-0.39, 0.29) is 28.6 Å². The molecule has 4 rings (SSSR count). The summed E-state index contributed by atoms with van der Waals surface area (Å²) in [5.74, 6) is -2.13. The van der Waals surface area contributed by atoms with E-state index in [0.717, 1.165) is 6.07 Å². The first kappa shape index (κ1) is 28.7. The van der Waals surface area contributed by atoms with Crippen LogP contribution in [-0.2, 0) is 27.0 Å². The average Bonchev–Trinajstić information content (AvgIpc) is 3.34. The molecule has 3 aromatic rings. The molecule has 0 aliphatic carbocycles. The predicted octanol–water partition coefficient (Wildman–Crippen LogP) is 6.06. The Balaban J connectivity index is 1.58. The van der Waals surface area contributed by atoms with Crippen LogP contribution in [0.2, 0.25) is 5.02 Å². The number of thioether (sulfide) groups is 1. The molecule has 0 spiro atoms. The summed E-state index contributed by atoms with van der Waals surface area (Å²) in [5, 5.41) is 13.7. The van der Waals surface area contributed by atoms with Gasteiger partial charge in [-0.1, -0.05) is 23.7 Å². The first-order valence-electron chi connectivity index (χ1n) is 11.6. The molecule has 0 bridgehead atoms. The maximum Gasteiger partial charge on any atom is 0.416 e. The molecule has 13 heteroatoms. The lowest BCUT2D eigenvalue weighted by molar-refractivity contribution is -0.150. The minimum absolute atomic E-state index is 0.00178. The van der Waals surface area contributed by atoms with E-state index in [0.29, 0.717) is 33.1 Å². The number of fused-ring (bicyclic) bond motifs is 1. The summed E-state index contributed by atoms with van der Waals surface area (Å²) in [5.41, 5.74) is -0.453. The molecule has 1 atom stereocenters. The number of benzene rings is 2. The number of aromatic nitrogens is 2. The van der Waals surface area contributed by atoms with Gasteiger partial charge in [-0.05, 0) is 74.0 Å². The smallest absolute Gasteiger partial charge is 0.416 e. The lowest BCUT2D eigenvalue weighted by Crippen LogP contribution is -2.48. The van der Waals surface area contributed by atoms with Crippen molar-refractivity contribution >= 4 is 57.5 Å².